The van der Waals surface area contributed by atoms with Gasteiger partial charge in [-0.05, 0) is 68.3 Å². The Hall–Kier alpha value is -0.810. The lowest BCUT2D eigenvalue weighted by Gasteiger charge is -2.30. The van der Waals surface area contributed by atoms with Gasteiger partial charge in [0.05, 0.1) is 0 Å². The monoisotopic (exact) mass is 401 g/mol. The van der Waals surface area contributed by atoms with Crippen molar-refractivity contribution < 1.29 is 4.79 Å². The molecule has 4 nitrogen and oxygen atoms in total. The summed E-state index contributed by atoms with van der Waals surface area (Å²) in [7, 11) is 0. The highest BCUT2D eigenvalue weighted by Gasteiger charge is 2.31. The Balaban J connectivity index is 0.00000169. The van der Waals surface area contributed by atoms with E-state index in [1.165, 1.54) is 31.5 Å². The minimum Gasteiger partial charge on any atom is -0.330 e. The quantitative estimate of drug-likeness (QED) is 0.781. The van der Waals surface area contributed by atoms with Gasteiger partial charge < -0.3 is 11.1 Å². The molecule has 3 rings (SSSR count). The summed E-state index contributed by atoms with van der Waals surface area (Å²) in [6, 6.07) is 8.36. The summed E-state index contributed by atoms with van der Waals surface area (Å²) in [5, 5.41) is 3.08. The van der Waals surface area contributed by atoms with Crippen LogP contribution in [0, 0.1) is 17.8 Å². The first-order valence-corrected chi connectivity index (χ1v) is 9.48. The number of benzene rings is 1. The fourth-order valence-corrected chi connectivity index (χ4v) is 4.28. The zero-order valence-electron chi connectivity index (χ0n) is 15.7. The molecule has 0 radical (unpaired) electrons. The van der Waals surface area contributed by atoms with E-state index in [0.717, 1.165) is 37.4 Å². The standard InChI is InChI=1S/C20H31N3O.2ClH/c1-15-4-3-11-23(13-15)14-16-7-9-18(10-8-16)22-20(24)19-6-2-5-17(19)12-21;;/h7-10,15,17,19H,2-6,11-14,21H2,1H3,(H,22,24);2*1H/t15?,17-,19-;;/m1../s1. The van der Waals surface area contributed by atoms with E-state index in [2.05, 4.69) is 29.3 Å². The van der Waals surface area contributed by atoms with Crippen molar-refractivity contribution in [2.24, 2.45) is 23.5 Å². The summed E-state index contributed by atoms with van der Waals surface area (Å²) in [4.78, 5) is 15.0. The van der Waals surface area contributed by atoms with Crippen molar-refractivity contribution in [2.75, 3.05) is 25.0 Å². The van der Waals surface area contributed by atoms with Crippen molar-refractivity contribution in [3.8, 4) is 0 Å². The minimum atomic E-state index is 0. The second-order valence-corrected chi connectivity index (χ2v) is 7.70. The van der Waals surface area contributed by atoms with E-state index in [-0.39, 0.29) is 36.6 Å². The number of rotatable bonds is 5. The molecule has 1 amide bonds. The van der Waals surface area contributed by atoms with E-state index in [0.29, 0.717) is 12.5 Å². The first-order chi connectivity index (χ1) is 11.7. The van der Waals surface area contributed by atoms with E-state index in [9.17, 15) is 4.79 Å². The molecule has 26 heavy (non-hydrogen) atoms. The molecule has 1 aromatic carbocycles. The molecule has 1 aliphatic carbocycles. The van der Waals surface area contributed by atoms with Crippen molar-refractivity contribution in [1.82, 2.24) is 4.90 Å². The molecule has 0 bridgehead atoms. The lowest BCUT2D eigenvalue weighted by molar-refractivity contribution is -0.120. The molecule has 3 N–H and O–H groups in total. The average molecular weight is 402 g/mol. The Bertz CT molecular complexity index is 552. The largest absolute Gasteiger partial charge is 0.330 e. The first kappa shape index (κ1) is 23.2. The highest BCUT2D eigenvalue weighted by Crippen LogP contribution is 2.31. The molecular formula is C20H33Cl2N3O. The molecule has 2 aliphatic rings. The second kappa shape index (κ2) is 11.1. The molecule has 3 atom stereocenters. The first-order valence-electron chi connectivity index (χ1n) is 9.48. The molecule has 1 aliphatic heterocycles. The van der Waals surface area contributed by atoms with Crippen LogP contribution in [0.1, 0.15) is 44.6 Å². The van der Waals surface area contributed by atoms with Crippen LogP contribution >= 0.6 is 24.8 Å². The number of piperidine rings is 1. The van der Waals surface area contributed by atoms with Crippen molar-refractivity contribution in [2.45, 2.75) is 45.6 Å². The lowest BCUT2D eigenvalue weighted by atomic mass is 9.95. The summed E-state index contributed by atoms with van der Waals surface area (Å²) < 4.78 is 0. The van der Waals surface area contributed by atoms with E-state index >= 15 is 0 Å². The van der Waals surface area contributed by atoms with Gasteiger partial charge in [0.15, 0.2) is 0 Å². The normalized spacial score (nSPS) is 25.8. The summed E-state index contributed by atoms with van der Waals surface area (Å²) in [5.41, 5.74) is 8.01. The molecule has 1 saturated carbocycles. The fourth-order valence-electron chi connectivity index (χ4n) is 4.28. The van der Waals surface area contributed by atoms with Gasteiger partial charge in [0.25, 0.3) is 0 Å². The predicted octanol–water partition coefficient (Wildman–Crippen LogP) is 4.08. The van der Waals surface area contributed by atoms with Crippen LogP contribution in [0.2, 0.25) is 0 Å². The summed E-state index contributed by atoms with van der Waals surface area (Å²) >= 11 is 0. The van der Waals surface area contributed by atoms with Gasteiger partial charge in [0.2, 0.25) is 5.91 Å². The van der Waals surface area contributed by atoms with Crippen LogP contribution in [0.15, 0.2) is 24.3 Å². The molecule has 0 spiro atoms. The molecule has 1 saturated heterocycles. The number of nitrogens with one attached hydrogen (secondary N) is 1. The average Bonchev–Trinajstić information content (AvgIpc) is 3.05. The Morgan fingerprint density at radius 3 is 2.54 bits per heavy atom. The van der Waals surface area contributed by atoms with Crippen LogP contribution in [0.4, 0.5) is 5.69 Å². The van der Waals surface area contributed by atoms with Crippen molar-refractivity contribution in [3.63, 3.8) is 0 Å². The third-order valence-electron chi connectivity index (χ3n) is 5.67. The van der Waals surface area contributed by atoms with Crippen LogP contribution in [-0.2, 0) is 11.3 Å². The van der Waals surface area contributed by atoms with E-state index in [1.54, 1.807) is 0 Å². The van der Waals surface area contributed by atoms with Crippen LogP contribution in [0.25, 0.3) is 0 Å². The fraction of sp³-hybridized carbons (Fsp3) is 0.650. The van der Waals surface area contributed by atoms with Crippen molar-refractivity contribution in [3.05, 3.63) is 29.8 Å². The van der Waals surface area contributed by atoms with Gasteiger partial charge in [0.1, 0.15) is 0 Å². The van der Waals surface area contributed by atoms with E-state index < -0.39 is 0 Å². The maximum Gasteiger partial charge on any atom is 0.227 e. The number of likely N-dealkylation sites (tertiary alicyclic amines) is 1. The van der Waals surface area contributed by atoms with Crippen LogP contribution < -0.4 is 11.1 Å². The molecular weight excluding hydrogens is 369 g/mol. The van der Waals surface area contributed by atoms with Gasteiger partial charge in [0, 0.05) is 24.7 Å². The Kier molecular flexibility index (Phi) is 9.94. The Morgan fingerprint density at radius 2 is 1.88 bits per heavy atom. The lowest BCUT2D eigenvalue weighted by Crippen LogP contribution is -2.33. The number of nitrogens with two attached hydrogens (primary N) is 1. The minimum absolute atomic E-state index is 0. The molecule has 148 valence electrons. The molecule has 6 heteroatoms. The summed E-state index contributed by atoms with van der Waals surface area (Å²) in [6.45, 7) is 6.36. The number of amides is 1. The maximum atomic E-state index is 12.4. The van der Waals surface area contributed by atoms with Gasteiger partial charge in [-0.15, -0.1) is 24.8 Å². The van der Waals surface area contributed by atoms with E-state index in [4.69, 9.17) is 5.73 Å². The second-order valence-electron chi connectivity index (χ2n) is 7.70. The maximum absolute atomic E-state index is 12.4. The summed E-state index contributed by atoms with van der Waals surface area (Å²) in [6.07, 6.45) is 5.83. The van der Waals surface area contributed by atoms with E-state index in [1.807, 2.05) is 12.1 Å². The van der Waals surface area contributed by atoms with Crippen LogP contribution in [-0.4, -0.2) is 30.4 Å². The molecule has 1 aromatic rings. The highest BCUT2D eigenvalue weighted by molar-refractivity contribution is 5.92. The van der Waals surface area contributed by atoms with Gasteiger partial charge in [-0.1, -0.05) is 25.5 Å². The van der Waals surface area contributed by atoms with Gasteiger partial charge >= 0.3 is 0 Å². The molecule has 1 unspecified atom stereocenters. The zero-order chi connectivity index (χ0) is 16.9. The number of nitrogens with zero attached hydrogens (tertiary/aromatic N) is 1. The Morgan fingerprint density at radius 1 is 1.15 bits per heavy atom. The SMILES string of the molecule is CC1CCCN(Cc2ccc(NC(=O)[C@@H]3CCC[C@@H]3CN)cc2)C1.Cl.Cl. The Labute approximate surface area is 170 Å². The van der Waals surface area contributed by atoms with Gasteiger partial charge in [-0.2, -0.15) is 0 Å². The van der Waals surface area contributed by atoms with Crippen LogP contribution in [0.3, 0.4) is 0 Å². The van der Waals surface area contributed by atoms with Crippen molar-refractivity contribution in [1.29, 1.82) is 0 Å². The topological polar surface area (TPSA) is 58.4 Å². The van der Waals surface area contributed by atoms with Crippen LogP contribution in [0.5, 0.6) is 0 Å². The molecule has 1 heterocycles. The number of hydrogen-bond donors (Lipinski definition) is 2. The number of carbonyl (C=O) groups excluding carboxylic acids is 1. The molecule has 0 aromatic heterocycles. The smallest absolute Gasteiger partial charge is 0.227 e. The van der Waals surface area contributed by atoms with Gasteiger partial charge in [-0.25, -0.2) is 0 Å². The third-order valence-corrected chi connectivity index (χ3v) is 5.67. The number of carbonyl (C=O) groups is 1. The highest BCUT2D eigenvalue weighted by atomic mass is 35.5. The predicted molar refractivity (Wildman–Crippen MR) is 113 cm³/mol. The zero-order valence-corrected chi connectivity index (χ0v) is 17.3. The van der Waals surface area contributed by atoms with Crippen molar-refractivity contribution >= 4 is 36.4 Å². The third kappa shape index (κ3) is 6.12. The number of anilines is 1. The van der Waals surface area contributed by atoms with Gasteiger partial charge in [-0.3, -0.25) is 9.69 Å². The number of halogens is 2. The number of hydrogen-bond acceptors (Lipinski definition) is 3. The summed E-state index contributed by atoms with van der Waals surface area (Å²) in [5.74, 6) is 1.38. The molecule has 2 fully saturated rings.